The fourth-order valence-corrected chi connectivity index (χ4v) is 7.56. The van der Waals surface area contributed by atoms with Gasteiger partial charge < -0.3 is 19.4 Å². The zero-order chi connectivity index (χ0) is 28.1. The monoisotopic (exact) mass is 589 g/mol. The number of carbonyl (C=O) groups excluding carboxylic acids is 4. The molecule has 2 aromatic heterocycles. The van der Waals surface area contributed by atoms with Crippen molar-refractivity contribution in [1.82, 2.24) is 4.57 Å². The second kappa shape index (κ2) is 12.9. The molecule has 0 radical (unpaired) electrons. The molecule has 9 nitrogen and oxygen atoms in total. The van der Waals surface area contributed by atoms with Gasteiger partial charge in [0, 0.05) is 4.88 Å². The number of ether oxygens (including phenoxy) is 2. The lowest BCUT2D eigenvalue weighted by Gasteiger charge is -2.18. The highest BCUT2D eigenvalue weighted by atomic mass is 32.2. The van der Waals surface area contributed by atoms with Gasteiger partial charge in [-0.05, 0) is 62.3 Å². The Morgan fingerprint density at radius 3 is 2.74 bits per heavy atom. The number of rotatable bonds is 9. The Balaban J connectivity index is 1.43. The molecule has 39 heavy (non-hydrogen) atoms. The molecule has 0 aliphatic heterocycles. The smallest absolute Gasteiger partial charge is 0.341 e. The highest BCUT2D eigenvalue weighted by molar-refractivity contribution is 8.00. The minimum atomic E-state index is -0.442. The van der Waals surface area contributed by atoms with Crippen LogP contribution in [0.3, 0.4) is 0 Å². The number of nitrogens with zero attached hydrogens (tertiary/aromatic N) is 2. The number of thioether (sulfide) groups is 1. The first-order valence-corrected chi connectivity index (χ1v) is 15.4. The summed E-state index contributed by atoms with van der Waals surface area (Å²) in [4.78, 5) is 55.8. The average Bonchev–Trinajstić information content (AvgIpc) is 3.40. The Morgan fingerprint density at radius 2 is 2.00 bits per heavy atom. The number of anilines is 1. The maximum absolute atomic E-state index is 12.7. The van der Waals surface area contributed by atoms with Gasteiger partial charge in [0.15, 0.2) is 4.80 Å². The summed E-state index contributed by atoms with van der Waals surface area (Å²) in [6.45, 7) is 6.10. The van der Waals surface area contributed by atoms with Crippen LogP contribution in [-0.4, -0.2) is 53.5 Å². The van der Waals surface area contributed by atoms with Crippen LogP contribution in [0.25, 0.3) is 10.2 Å². The third-order valence-electron chi connectivity index (χ3n) is 6.28. The summed E-state index contributed by atoms with van der Waals surface area (Å²) in [6.07, 6.45) is 2.65. The zero-order valence-corrected chi connectivity index (χ0v) is 24.8. The molecule has 0 saturated heterocycles. The standard InChI is InChI=1S/C27H31N3O6S3/c1-5-36-26(34)24-17-8-6-15(2)10-19(17)38-25(24)28-21(31)13-37-14-22(32)29-27-30(12-23(33)35-4)18-9-7-16(3)11-20(18)39-27/h7,9,11,15H,5-6,8,10,12-14H2,1-4H3,(H,28,31). The highest BCUT2D eigenvalue weighted by Gasteiger charge is 2.29. The van der Waals surface area contributed by atoms with Crippen molar-refractivity contribution in [3.05, 3.63) is 44.6 Å². The summed E-state index contributed by atoms with van der Waals surface area (Å²) in [5.74, 6) is -1.04. The van der Waals surface area contributed by atoms with Crippen molar-refractivity contribution in [2.45, 2.75) is 46.6 Å². The van der Waals surface area contributed by atoms with Gasteiger partial charge in [0.1, 0.15) is 11.5 Å². The summed E-state index contributed by atoms with van der Waals surface area (Å²) in [7, 11) is 1.31. The number of nitrogens with one attached hydrogen (secondary N) is 1. The third-order valence-corrected chi connectivity index (χ3v) is 9.40. The number of carbonyl (C=O) groups is 4. The van der Waals surface area contributed by atoms with E-state index in [-0.39, 0.29) is 30.6 Å². The number of aryl methyl sites for hydroxylation is 1. The van der Waals surface area contributed by atoms with Crippen molar-refractivity contribution in [3.8, 4) is 0 Å². The normalized spacial score (nSPS) is 15.2. The number of amides is 2. The quantitative estimate of drug-likeness (QED) is 0.369. The number of fused-ring (bicyclic) bond motifs is 2. The van der Waals surface area contributed by atoms with Crippen molar-refractivity contribution in [3.63, 3.8) is 0 Å². The van der Waals surface area contributed by atoms with Crippen LogP contribution >= 0.6 is 34.4 Å². The van der Waals surface area contributed by atoms with Gasteiger partial charge in [-0.25, -0.2) is 4.79 Å². The Labute approximate surface area is 238 Å². The van der Waals surface area contributed by atoms with E-state index in [0.717, 1.165) is 57.2 Å². The van der Waals surface area contributed by atoms with Gasteiger partial charge in [-0.3, -0.25) is 14.4 Å². The Kier molecular flexibility index (Phi) is 9.62. The molecule has 1 aliphatic carbocycles. The molecule has 3 aromatic rings. The molecule has 0 spiro atoms. The van der Waals surface area contributed by atoms with Crippen LogP contribution in [0.15, 0.2) is 23.2 Å². The van der Waals surface area contributed by atoms with Crippen LogP contribution in [0, 0.1) is 12.8 Å². The van der Waals surface area contributed by atoms with Gasteiger partial charge in [-0.1, -0.05) is 24.3 Å². The molecule has 4 rings (SSSR count). The number of benzene rings is 1. The van der Waals surface area contributed by atoms with Gasteiger partial charge in [-0.15, -0.1) is 23.1 Å². The topological polar surface area (TPSA) is 116 Å². The molecule has 1 aromatic carbocycles. The third kappa shape index (κ3) is 6.98. The summed E-state index contributed by atoms with van der Waals surface area (Å²) in [5.41, 5.74) is 3.29. The number of thiophene rings is 1. The maximum Gasteiger partial charge on any atom is 0.341 e. The molecule has 2 amide bonds. The van der Waals surface area contributed by atoms with Crippen LogP contribution in [-0.2, 0) is 43.2 Å². The lowest BCUT2D eigenvalue weighted by Crippen LogP contribution is -2.23. The average molecular weight is 590 g/mol. The first-order valence-electron chi connectivity index (χ1n) is 12.6. The Hall–Kier alpha value is -2.96. The van der Waals surface area contributed by atoms with Crippen molar-refractivity contribution in [2.24, 2.45) is 10.9 Å². The predicted molar refractivity (Wildman–Crippen MR) is 155 cm³/mol. The van der Waals surface area contributed by atoms with E-state index < -0.39 is 17.8 Å². The molecule has 1 atom stereocenters. The van der Waals surface area contributed by atoms with Gasteiger partial charge in [0.2, 0.25) is 5.91 Å². The lowest BCUT2D eigenvalue weighted by molar-refractivity contribution is -0.141. The molecule has 0 bridgehead atoms. The SMILES string of the molecule is CCOC(=O)c1c(NC(=O)CSCC(=O)N=c2sc3cc(C)ccc3n2CC(=O)OC)sc2c1CCC(C)C2. The van der Waals surface area contributed by atoms with Crippen molar-refractivity contribution in [2.75, 3.05) is 30.5 Å². The highest BCUT2D eigenvalue weighted by Crippen LogP contribution is 2.40. The molecular weight excluding hydrogens is 559 g/mol. The zero-order valence-electron chi connectivity index (χ0n) is 22.3. The van der Waals surface area contributed by atoms with Gasteiger partial charge in [0.25, 0.3) is 5.91 Å². The van der Waals surface area contributed by atoms with Gasteiger partial charge >= 0.3 is 11.9 Å². The van der Waals surface area contributed by atoms with Crippen LogP contribution in [0.1, 0.15) is 46.6 Å². The predicted octanol–water partition coefficient (Wildman–Crippen LogP) is 4.35. The van der Waals surface area contributed by atoms with E-state index in [4.69, 9.17) is 9.47 Å². The Morgan fingerprint density at radius 1 is 1.21 bits per heavy atom. The van der Waals surface area contributed by atoms with Crippen molar-refractivity contribution < 1.29 is 28.7 Å². The second-order valence-corrected chi connectivity index (χ2v) is 12.4. The number of aromatic nitrogens is 1. The van der Waals surface area contributed by atoms with Crippen LogP contribution in [0.2, 0.25) is 0 Å². The molecule has 2 heterocycles. The number of hydrogen-bond acceptors (Lipinski definition) is 9. The van der Waals surface area contributed by atoms with E-state index >= 15 is 0 Å². The van der Waals surface area contributed by atoms with Gasteiger partial charge in [0.05, 0.1) is 41.0 Å². The van der Waals surface area contributed by atoms with Crippen molar-refractivity contribution >= 4 is 73.4 Å². The fraction of sp³-hybridized carbons (Fsp3) is 0.444. The minimum absolute atomic E-state index is 0.0118. The number of methoxy groups -OCH3 is 1. The molecule has 0 saturated carbocycles. The van der Waals surface area contributed by atoms with E-state index in [9.17, 15) is 19.2 Å². The molecular formula is C27H31N3O6S3. The summed E-state index contributed by atoms with van der Waals surface area (Å²) in [6, 6.07) is 5.80. The Bertz CT molecular complexity index is 1490. The molecule has 0 fully saturated rings. The van der Waals surface area contributed by atoms with Gasteiger partial charge in [-0.2, -0.15) is 4.99 Å². The van der Waals surface area contributed by atoms with E-state index in [0.29, 0.717) is 21.3 Å². The largest absolute Gasteiger partial charge is 0.468 e. The maximum atomic E-state index is 12.7. The van der Waals surface area contributed by atoms with E-state index in [2.05, 4.69) is 17.2 Å². The van der Waals surface area contributed by atoms with E-state index in [1.54, 1.807) is 11.5 Å². The number of esters is 2. The first-order chi connectivity index (χ1) is 18.7. The molecule has 208 valence electrons. The van der Waals surface area contributed by atoms with Crippen LogP contribution in [0.4, 0.5) is 5.00 Å². The van der Waals surface area contributed by atoms with Crippen LogP contribution < -0.4 is 10.1 Å². The number of hydrogen-bond donors (Lipinski definition) is 1. The molecule has 1 N–H and O–H groups in total. The lowest BCUT2D eigenvalue weighted by atomic mass is 9.88. The van der Waals surface area contributed by atoms with E-state index in [1.165, 1.54) is 29.8 Å². The summed E-state index contributed by atoms with van der Waals surface area (Å²) in [5, 5.41) is 3.38. The number of thiazole rings is 1. The van der Waals surface area contributed by atoms with Crippen molar-refractivity contribution in [1.29, 1.82) is 0 Å². The summed E-state index contributed by atoms with van der Waals surface area (Å²) >= 11 is 3.89. The van der Waals surface area contributed by atoms with Crippen LogP contribution in [0.5, 0.6) is 0 Å². The second-order valence-electron chi connectivity index (χ2n) is 9.34. The first kappa shape index (κ1) is 29.0. The molecule has 12 heteroatoms. The molecule has 1 aliphatic rings. The molecule has 1 unspecified atom stereocenters. The minimum Gasteiger partial charge on any atom is -0.468 e. The van der Waals surface area contributed by atoms with E-state index in [1.807, 2.05) is 25.1 Å². The summed E-state index contributed by atoms with van der Waals surface area (Å²) < 4.78 is 12.6. The fourth-order valence-electron chi connectivity index (χ4n) is 4.40.